The first-order valence-corrected chi connectivity index (χ1v) is 9.10. The van der Waals surface area contributed by atoms with Crippen LogP contribution < -0.4 is 14.8 Å². The van der Waals surface area contributed by atoms with Crippen molar-refractivity contribution in [2.45, 2.75) is 40.2 Å². The van der Waals surface area contributed by atoms with Crippen LogP contribution in [-0.4, -0.2) is 29.4 Å². The van der Waals surface area contributed by atoms with Crippen molar-refractivity contribution < 1.29 is 14.3 Å². The number of amides is 1. The Bertz CT molecular complexity index is 851. The van der Waals surface area contributed by atoms with Gasteiger partial charge in [-0.1, -0.05) is 11.6 Å². The number of aryl methyl sites for hydroxylation is 1. The Hall–Kier alpha value is -2.47. The SMILES string of the molecule is CCOc1cc(/C=C/C(=O)Nc2cc(C)nn2C(C)(C)C)cc(Cl)c1OC. The van der Waals surface area contributed by atoms with Gasteiger partial charge in [0.15, 0.2) is 11.5 Å². The molecule has 0 bridgehead atoms. The van der Waals surface area contributed by atoms with Gasteiger partial charge in [0.2, 0.25) is 5.91 Å². The number of hydrogen-bond donors (Lipinski definition) is 1. The number of benzene rings is 1. The van der Waals surface area contributed by atoms with E-state index in [1.54, 1.807) is 22.9 Å². The summed E-state index contributed by atoms with van der Waals surface area (Å²) in [7, 11) is 1.53. The summed E-state index contributed by atoms with van der Waals surface area (Å²) in [6.45, 7) is 10.3. The molecule has 1 N–H and O–H groups in total. The summed E-state index contributed by atoms with van der Waals surface area (Å²) < 4.78 is 12.6. The molecule has 1 heterocycles. The minimum atomic E-state index is -0.259. The maximum Gasteiger partial charge on any atom is 0.249 e. The lowest BCUT2D eigenvalue weighted by molar-refractivity contribution is -0.111. The standard InChI is InChI=1S/C20H26ClN3O3/c1-7-27-16-12-14(11-15(21)19(16)26-6)8-9-18(25)22-17-10-13(2)23-24(17)20(3,4)5/h8-12H,7H2,1-6H3,(H,22,25)/b9-8+. The van der Waals surface area contributed by atoms with Gasteiger partial charge in [-0.15, -0.1) is 0 Å². The normalized spacial score (nSPS) is 11.7. The molecule has 7 heteroatoms. The average molecular weight is 392 g/mol. The summed E-state index contributed by atoms with van der Waals surface area (Å²) in [5.41, 5.74) is 1.34. The smallest absolute Gasteiger partial charge is 0.249 e. The Morgan fingerprint density at radius 2 is 2.04 bits per heavy atom. The molecule has 1 amide bonds. The van der Waals surface area contributed by atoms with Gasteiger partial charge in [-0.2, -0.15) is 5.10 Å². The van der Waals surface area contributed by atoms with E-state index in [1.165, 1.54) is 13.2 Å². The van der Waals surface area contributed by atoms with Crippen LogP contribution in [0, 0.1) is 6.92 Å². The van der Waals surface area contributed by atoms with E-state index in [9.17, 15) is 4.79 Å². The second-order valence-electron chi connectivity index (χ2n) is 7.04. The molecule has 0 fully saturated rings. The van der Waals surface area contributed by atoms with E-state index in [2.05, 4.69) is 10.4 Å². The third kappa shape index (κ3) is 5.26. The number of carbonyl (C=O) groups is 1. The summed E-state index contributed by atoms with van der Waals surface area (Å²) in [6.07, 6.45) is 3.12. The van der Waals surface area contributed by atoms with Crippen LogP contribution in [0.3, 0.4) is 0 Å². The molecular weight excluding hydrogens is 366 g/mol. The Balaban J connectivity index is 2.21. The van der Waals surface area contributed by atoms with Gasteiger partial charge in [0.25, 0.3) is 0 Å². The predicted molar refractivity (Wildman–Crippen MR) is 109 cm³/mol. The molecule has 2 aromatic rings. The van der Waals surface area contributed by atoms with Crippen LogP contribution in [0.1, 0.15) is 39.0 Å². The zero-order chi connectivity index (χ0) is 20.2. The molecule has 0 spiro atoms. The van der Waals surface area contributed by atoms with Crippen LogP contribution in [-0.2, 0) is 10.3 Å². The molecule has 0 saturated carbocycles. The topological polar surface area (TPSA) is 65.4 Å². The number of ether oxygens (including phenoxy) is 2. The maximum atomic E-state index is 12.4. The molecular formula is C20H26ClN3O3. The lowest BCUT2D eigenvalue weighted by atomic mass is 10.1. The van der Waals surface area contributed by atoms with Gasteiger partial charge in [0.1, 0.15) is 5.82 Å². The molecule has 27 heavy (non-hydrogen) atoms. The highest BCUT2D eigenvalue weighted by atomic mass is 35.5. The van der Waals surface area contributed by atoms with Crippen LogP contribution in [0.4, 0.5) is 5.82 Å². The molecule has 0 aliphatic carbocycles. The molecule has 6 nitrogen and oxygen atoms in total. The van der Waals surface area contributed by atoms with Gasteiger partial charge < -0.3 is 14.8 Å². The summed E-state index contributed by atoms with van der Waals surface area (Å²) in [5.74, 6) is 1.40. The number of carbonyl (C=O) groups excluding carboxylic acids is 1. The first-order chi connectivity index (χ1) is 12.7. The van der Waals surface area contributed by atoms with Gasteiger partial charge in [0, 0.05) is 12.1 Å². The fraction of sp³-hybridized carbons (Fsp3) is 0.400. The van der Waals surface area contributed by atoms with Gasteiger partial charge in [-0.05, 0) is 58.4 Å². The molecule has 0 radical (unpaired) electrons. The van der Waals surface area contributed by atoms with E-state index >= 15 is 0 Å². The van der Waals surface area contributed by atoms with Crippen molar-refractivity contribution in [2.75, 3.05) is 19.0 Å². The third-order valence-electron chi connectivity index (χ3n) is 3.68. The third-order valence-corrected chi connectivity index (χ3v) is 3.96. The van der Waals surface area contributed by atoms with E-state index in [4.69, 9.17) is 21.1 Å². The fourth-order valence-electron chi connectivity index (χ4n) is 2.58. The number of nitrogens with one attached hydrogen (secondary N) is 1. The molecule has 0 aliphatic rings. The molecule has 146 valence electrons. The zero-order valence-electron chi connectivity index (χ0n) is 16.6. The Labute approximate surface area is 165 Å². The maximum absolute atomic E-state index is 12.4. The average Bonchev–Trinajstić information content (AvgIpc) is 2.94. The van der Waals surface area contributed by atoms with E-state index in [0.29, 0.717) is 28.9 Å². The zero-order valence-corrected chi connectivity index (χ0v) is 17.3. The molecule has 0 unspecified atom stereocenters. The van der Waals surface area contributed by atoms with E-state index in [-0.39, 0.29) is 11.4 Å². The Morgan fingerprint density at radius 1 is 1.33 bits per heavy atom. The first-order valence-electron chi connectivity index (χ1n) is 8.72. The quantitative estimate of drug-likeness (QED) is 0.727. The van der Waals surface area contributed by atoms with Gasteiger partial charge in [0.05, 0.1) is 30.0 Å². The molecule has 1 aromatic heterocycles. The van der Waals surface area contributed by atoms with Gasteiger partial charge in [-0.25, -0.2) is 4.68 Å². The van der Waals surface area contributed by atoms with Crippen molar-refractivity contribution in [1.29, 1.82) is 0 Å². The van der Waals surface area contributed by atoms with Gasteiger partial charge >= 0.3 is 0 Å². The number of anilines is 1. The molecule has 0 atom stereocenters. The van der Waals surface area contributed by atoms with Crippen LogP contribution >= 0.6 is 11.6 Å². The fourth-order valence-corrected chi connectivity index (χ4v) is 2.88. The number of nitrogens with zero attached hydrogens (tertiary/aromatic N) is 2. The summed E-state index contributed by atoms with van der Waals surface area (Å²) in [4.78, 5) is 12.4. The van der Waals surface area contributed by atoms with Crippen LogP contribution in [0.15, 0.2) is 24.3 Å². The highest BCUT2D eigenvalue weighted by Crippen LogP contribution is 2.36. The highest BCUT2D eigenvalue weighted by molar-refractivity contribution is 6.32. The van der Waals surface area contributed by atoms with Crippen LogP contribution in [0.5, 0.6) is 11.5 Å². The van der Waals surface area contributed by atoms with E-state index < -0.39 is 0 Å². The highest BCUT2D eigenvalue weighted by Gasteiger charge is 2.19. The summed E-state index contributed by atoms with van der Waals surface area (Å²) >= 11 is 6.24. The Kier molecular flexibility index (Phi) is 6.54. The molecule has 2 rings (SSSR count). The van der Waals surface area contributed by atoms with E-state index in [0.717, 1.165) is 11.3 Å². The number of methoxy groups -OCH3 is 1. The molecule has 0 saturated heterocycles. The number of halogens is 1. The van der Waals surface area contributed by atoms with Crippen LogP contribution in [0.2, 0.25) is 5.02 Å². The van der Waals surface area contributed by atoms with Gasteiger partial charge in [-0.3, -0.25) is 4.79 Å². The molecule has 0 aliphatic heterocycles. The van der Waals surface area contributed by atoms with Crippen molar-refractivity contribution in [2.24, 2.45) is 0 Å². The number of rotatable bonds is 6. The predicted octanol–water partition coefficient (Wildman–Crippen LogP) is 4.66. The minimum absolute atomic E-state index is 0.240. The number of hydrogen-bond acceptors (Lipinski definition) is 4. The molecule has 1 aromatic carbocycles. The lowest BCUT2D eigenvalue weighted by Crippen LogP contribution is -2.26. The minimum Gasteiger partial charge on any atom is -0.491 e. The second-order valence-corrected chi connectivity index (χ2v) is 7.45. The van der Waals surface area contributed by atoms with Crippen molar-refractivity contribution >= 4 is 29.4 Å². The summed E-state index contributed by atoms with van der Waals surface area (Å²) in [6, 6.07) is 5.34. The monoisotopic (exact) mass is 391 g/mol. The van der Waals surface area contributed by atoms with Crippen molar-refractivity contribution in [1.82, 2.24) is 9.78 Å². The lowest BCUT2D eigenvalue weighted by Gasteiger charge is -2.22. The van der Waals surface area contributed by atoms with Crippen molar-refractivity contribution in [3.05, 3.63) is 40.6 Å². The van der Waals surface area contributed by atoms with E-state index in [1.807, 2.05) is 40.7 Å². The number of aromatic nitrogens is 2. The second kappa shape index (κ2) is 8.48. The Morgan fingerprint density at radius 3 is 2.63 bits per heavy atom. The van der Waals surface area contributed by atoms with Crippen molar-refractivity contribution in [3.8, 4) is 11.5 Å². The first kappa shape index (κ1) is 20.8. The van der Waals surface area contributed by atoms with Crippen LogP contribution in [0.25, 0.3) is 6.08 Å². The largest absolute Gasteiger partial charge is 0.491 e. The summed E-state index contributed by atoms with van der Waals surface area (Å²) in [5, 5.41) is 7.74. The van der Waals surface area contributed by atoms with Crippen molar-refractivity contribution in [3.63, 3.8) is 0 Å².